The first kappa shape index (κ1) is 8.61. The molecule has 0 aromatic heterocycles. The van der Waals surface area contributed by atoms with Crippen LogP contribution in [0.3, 0.4) is 0 Å². The second-order valence-corrected chi connectivity index (χ2v) is 4.03. The number of rotatable bonds is 2. The van der Waals surface area contributed by atoms with Gasteiger partial charge in [0.1, 0.15) is 0 Å². The van der Waals surface area contributed by atoms with Crippen LogP contribution < -0.4 is 5.32 Å². The summed E-state index contributed by atoms with van der Waals surface area (Å²) in [4.78, 5) is 0. The average Bonchev–Trinajstić information content (AvgIpc) is 2.54. The molecule has 1 aliphatic carbocycles. The largest absolute Gasteiger partial charge is 0.382 e. The topological polar surface area (TPSA) is 12.0 Å². The number of hydrogen-bond donors (Lipinski definition) is 1. The van der Waals surface area contributed by atoms with Crippen molar-refractivity contribution in [1.29, 1.82) is 0 Å². The molecule has 1 aromatic carbocycles. The minimum absolute atomic E-state index is 0.697. The van der Waals surface area contributed by atoms with Gasteiger partial charge in [-0.15, -0.1) is 0 Å². The van der Waals surface area contributed by atoms with Crippen LogP contribution in [0.1, 0.15) is 26.2 Å². The molecule has 0 amide bonds. The summed E-state index contributed by atoms with van der Waals surface area (Å²) < 4.78 is 0. The van der Waals surface area contributed by atoms with E-state index in [1.54, 1.807) is 0 Å². The zero-order valence-corrected chi connectivity index (χ0v) is 8.16. The Hall–Kier alpha value is -0.980. The molecule has 2 atom stereocenters. The van der Waals surface area contributed by atoms with E-state index in [2.05, 4.69) is 42.6 Å². The molecule has 2 rings (SSSR count). The van der Waals surface area contributed by atoms with E-state index in [4.69, 9.17) is 0 Å². The van der Waals surface area contributed by atoms with Crippen LogP contribution in [-0.2, 0) is 0 Å². The summed E-state index contributed by atoms with van der Waals surface area (Å²) in [7, 11) is 0. The van der Waals surface area contributed by atoms with E-state index < -0.39 is 0 Å². The van der Waals surface area contributed by atoms with Crippen LogP contribution in [0.2, 0.25) is 0 Å². The fraction of sp³-hybridized carbons (Fsp3) is 0.500. The Bertz CT molecular complexity index is 255. The molecule has 1 heteroatoms. The minimum Gasteiger partial charge on any atom is -0.382 e. The molecular formula is C12H17N. The molecule has 0 saturated heterocycles. The number of hydrogen-bond acceptors (Lipinski definition) is 1. The lowest BCUT2D eigenvalue weighted by Gasteiger charge is -2.18. The molecule has 1 aliphatic rings. The van der Waals surface area contributed by atoms with E-state index in [-0.39, 0.29) is 0 Å². The first-order valence-corrected chi connectivity index (χ1v) is 5.18. The molecule has 0 bridgehead atoms. The molecule has 0 aliphatic heterocycles. The Morgan fingerprint density at radius 1 is 1.15 bits per heavy atom. The average molecular weight is 175 g/mol. The molecule has 1 saturated carbocycles. The lowest BCUT2D eigenvalue weighted by atomic mass is 10.1. The van der Waals surface area contributed by atoms with Gasteiger partial charge in [-0.3, -0.25) is 0 Å². The maximum absolute atomic E-state index is 3.59. The lowest BCUT2D eigenvalue weighted by molar-refractivity contribution is 0.556. The van der Waals surface area contributed by atoms with Crippen molar-refractivity contribution in [2.45, 2.75) is 32.2 Å². The molecule has 0 heterocycles. The zero-order chi connectivity index (χ0) is 9.10. The van der Waals surface area contributed by atoms with Gasteiger partial charge in [-0.2, -0.15) is 0 Å². The van der Waals surface area contributed by atoms with Crippen molar-refractivity contribution in [3.63, 3.8) is 0 Å². The van der Waals surface area contributed by atoms with Crippen LogP contribution in [0.25, 0.3) is 0 Å². The Kier molecular flexibility index (Phi) is 2.53. The van der Waals surface area contributed by atoms with Gasteiger partial charge < -0.3 is 5.32 Å². The molecular weight excluding hydrogens is 158 g/mol. The summed E-state index contributed by atoms with van der Waals surface area (Å²) in [5, 5.41) is 3.59. The van der Waals surface area contributed by atoms with Crippen LogP contribution in [0.5, 0.6) is 0 Å². The van der Waals surface area contributed by atoms with E-state index in [1.165, 1.54) is 24.9 Å². The quantitative estimate of drug-likeness (QED) is 0.727. The summed E-state index contributed by atoms with van der Waals surface area (Å²) in [5.41, 5.74) is 1.27. The normalized spacial score (nSPS) is 27.5. The number of benzene rings is 1. The van der Waals surface area contributed by atoms with Crippen LogP contribution >= 0.6 is 0 Å². The molecule has 1 fully saturated rings. The third-order valence-electron chi connectivity index (χ3n) is 2.99. The SMILES string of the molecule is CC1CCCC1Nc1ccccc1. The monoisotopic (exact) mass is 175 g/mol. The summed E-state index contributed by atoms with van der Waals surface area (Å²) in [6.07, 6.45) is 4.09. The molecule has 2 unspecified atom stereocenters. The molecule has 0 radical (unpaired) electrons. The van der Waals surface area contributed by atoms with Crippen LogP contribution in [0.4, 0.5) is 5.69 Å². The first-order chi connectivity index (χ1) is 6.36. The van der Waals surface area contributed by atoms with Gasteiger partial charge in [0.05, 0.1) is 0 Å². The smallest absolute Gasteiger partial charge is 0.0342 e. The fourth-order valence-corrected chi connectivity index (χ4v) is 2.11. The van der Waals surface area contributed by atoms with Gasteiger partial charge in [0.2, 0.25) is 0 Å². The first-order valence-electron chi connectivity index (χ1n) is 5.18. The fourth-order valence-electron chi connectivity index (χ4n) is 2.11. The Morgan fingerprint density at radius 2 is 1.92 bits per heavy atom. The highest BCUT2D eigenvalue weighted by Crippen LogP contribution is 2.27. The number of nitrogens with one attached hydrogen (secondary N) is 1. The molecule has 1 aromatic rings. The summed E-state index contributed by atoms with van der Waals surface area (Å²) in [6, 6.07) is 11.2. The Labute approximate surface area is 80.2 Å². The van der Waals surface area contributed by atoms with Gasteiger partial charge in [-0.05, 0) is 30.9 Å². The van der Waals surface area contributed by atoms with Crippen molar-refractivity contribution in [3.05, 3.63) is 30.3 Å². The highest BCUT2D eigenvalue weighted by molar-refractivity contribution is 5.43. The number of para-hydroxylation sites is 1. The predicted octanol–water partition coefficient (Wildman–Crippen LogP) is 3.29. The van der Waals surface area contributed by atoms with Gasteiger partial charge in [0.15, 0.2) is 0 Å². The van der Waals surface area contributed by atoms with Crippen molar-refractivity contribution >= 4 is 5.69 Å². The Morgan fingerprint density at radius 3 is 2.54 bits per heavy atom. The van der Waals surface area contributed by atoms with Crippen molar-refractivity contribution in [1.82, 2.24) is 0 Å². The summed E-state index contributed by atoms with van der Waals surface area (Å²) in [5.74, 6) is 0.834. The van der Waals surface area contributed by atoms with Crippen molar-refractivity contribution in [2.24, 2.45) is 5.92 Å². The predicted molar refractivity (Wildman–Crippen MR) is 56.9 cm³/mol. The molecule has 1 N–H and O–H groups in total. The van der Waals surface area contributed by atoms with Gasteiger partial charge >= 0.3 is 0 Å². The standard InChI is InChI=1S/C12H17N/c1-10-6-5-9-12(10)13-11-7-3-2-4-8-11/h2-4,7-8,10,12-13H,5-6,9H2,1H3. The van der Waals surface area contributed by atoms with Crippen molar-refractivity contribution in [2.75, 3.05) is 5.32 Å². The van der Waals surface area contributed by atoms with Gasteiger partial charge in [0.25, 0.3) is 0 Å². The van der Waals surface area contributed by atoms with Crippen LogP contribution in [0, 0.1) is 5.92 Å². The number of anilines is 1. The molecule has 13 heavy (non-hydrogen) atoms. The van der Waals surface area contributed by atoms with E-state index in [9.17, 15) is 0 Å². The molecule has 1 nitrogen and oxygen atoms in total. The Balaban J connectivity index is 1.98. The third-order valence-corrected chi connectivity index (χ3v) is 2.99. The van der Waals surface area contributed by atoms with Gasteiger partial charge in [-0.1, -0.05) is 31.5 Å². The van der Waals surface area contributed by atoms with Gasteiger partial charge in [-0.25, -0.2) is 0 Å². The van der Waals surface area contributed by atoms with E-state index in [0.717, 1.165) is 5.92 Å². The van der Waals surface area contributed by atoms with E-state index in [0.29, 0.717) is 6.04 Å². The van der Waals surface area contributed by atoms with E-state index >= 15 is 0 Å². The summed E-state index contributed by atoms with van der Waals surface area (Å²) >= 11 is 0. The van der Waals surface area contributed by atoms with Gasteiger partial charge in [0, 0.05) is 11.7 Å². The highest BCUT2D eigenvalue weighted by atomic mass is 14.9. The second kappa shape index (κ2) is 3.82. The van der Waals surface area contributed by atoms with E-state index in [1.807, 2.05) is 0 Å². The summed E-state index contributed by atoms with van der Waals surface area (Å²) in [6.45, 7) is 2.34. The lowest BCUT2D eigenvalue weighted by Crippen LogP contribution is -2.21. The van der Waals surface area contributed by atoms with Crippen LogP contribution in [0.15, 0.2) is 30.3 Å². The molecule has 70 valence electrons. The van der Waals surface area contributed by atoms with Crippen molar-refractivity contribution in [3.8, 4) is 0 Å². The highest BCUT2D eigenvalue weighted by Gasteiger charge is 2.22. The molecule has 0 spiro atoms. The zero-order valence-electron chi connectivity index (χ0n) is 8.16. The minimum atomic E-state index is 0.697. The maximum atomic E-state index is 3.59. The third kappa shape index (κ3) is 2.03. The second-order valence-electron chi connectivity index (χ2n) is 4.03. The van der Waals surface area contributed by atoms with Crippen molar-refractivity contribution < 1.29 is 0 Å². The van der Waals surface area contributed by atoms with Crippen LogP contribution in [-0.4, -0.2) is 6.04 Å². The maximum Gasteiger partial charge on any atom is 0.0342 e.